The van der Waals surface area contributed by atoms with E-state index in [2.05, 4.69) is 43.4 Å². The van der Waals surface area contributed by atoms with Crippen molar-refractivity contribution in [3.63, 3.8) is 0 Å². The van der Waals surface area contributed by atoms with Crippen molar-refractivity contribution in [1.29, 1.82) is 0 Å². The number of hydrogen-bond donors (Lipinski definition) is 1. The first-order valence-electron chi connectivity index (χ1n) is 6.27. The van der Waals surface area contributed by atoms with Crippen molar-refractivity contribution in [3.8, 4) is 0 Å². The van der Waals surface area contributed by atoms with Crippen LogP contribution in [0.3, 0.4) is 0 Å². The molecule has 0 fully saturated rings. The largest absolute Gasteiger partial charge is 0.383 e. The molecule has 90 valence electrons. The van der Waals surface area contributed by atoms with Gasteiger partial charge in [-0.25, -0.2) is 0 Å². The van der Waals surface area contributed by atoms with E-state index in [4.69, 9.17) is 4.74 Å². The lowest BCUT2D eigenvalue weighted by Gasteiger charge is -2.07. The summed E-state index contributed by atoms with van der Waals surface area (Å²) in [7, 11) is 0. The molecule has 0 aliphatic heterocycles. The summed E-state index contributed by atoms with van der Waals surface area (Å²) in [5, 5.41) is 3.35. The summed E-state index contributed by atoms with van der Waals surface area (Å²) < 4.78 is 5.48. The number of nitrogens with one attached hydrogen (secondary N) is 1. The summed E-state index contributed by atoms with van der Waals surface area (Å²) in [5.41, 5.74) is 2.56. The molecule has 0 unspecified atom stereocenters. The third-order valence-corrected chi connectivity index (χ3v) is 2.58. The molecule has 1 rings (SSSR count). The molecule has 0 saturated carbocycles. The third-order valence-electron chi connectivity index (χ3n) is 2.58. The van der Waals surface area contributed by atoms with Gasteiger partial charge in [-0.2, -0.15) is 0 Å². The Labute approximate surface area is 99.0 Å². The second-order valence-corrected chi connectivity index (χ2v) is 3.94. The Morgan fingerprint density at radius 3 is 2.44 bits per heavy atom. The lowest BCUT2D eigenvalue weighted by Crippen LogP contribution is -2.09. The predicted octanol–water partition coefficient (Wildman–Crippen LogP) is 3.48. The number of aryl methyl sites for hydroxylation is 1. The van der Waals surface area contributed by atoms with Crippen molar-refractivity contribution in [2.45, 2.75) is 33.1 Å². The van der Waals surface area contributed by atoms with Crippen LogP contribution in [0.15, 0.2) is 24.3 Å². The molecule has 0 aromatic heterocycles. The van der Waals surface area contributed by atoms with Gasteiger partial charge >= 0.3 is 0 Å². The summed E-state index contributed by atoms with van der Waals surface area (Å²) in [6, 6.07) is 8.59. The van der Waals surface area contributed by atoms with Crippen molar-refractivity contribution in [1.82, 2.24) is 0 Å². The van der Waals surface area contributed by atoms with E-state index in [9.17, 15) is 0 Å². The molecule has 0 atom stereocenters. The fraction of sp³-hybridized carbons (Fsp3) is 0.571. The van der Waals surface area contributed by atoms with Gasteiger partial charge < -0.3 is 10.1 Å². The lowest BCUT2D eigenvalue weighted by molar-refractivity contribution is 0.141. The summed E-state index contributed by atoms with van der Waals surface area (Å²) >= 11 is 0. The Morgan fingerprint density at radius 1 is 1.06 bits per heavy atom. The molecular formula is C14H23NO. The van der Waals surface area contributed by atoms with E-state index in [1.54, 1.807) is 0 Å². The van der Waals surface area contributed by atoms with Gasteiger partial charge in [-0.15, -0.1) is 0 Å². The van der Waals surface area contributed by atoms with Gasteiger partial charge in [-0.1, -0.05) is 32.4 Å². The van der Waals surface area contributed by atoms with Crippen LogP contribution >= 0.6 is 0 Å². The van der Waals surface area contributed by atoms with Crippen LogP contribution < -0.4 is 5.32 Å². The molecule has 1 aromatic rings. The maximum Gasteiger partial charge on any atom is 0.0639 e. The summed E-state index contributed by atoms with van der Waals surface area (Å²) in [6.07, 6.45) is 3.46. The normalized spacial score (nSPS) is 10.4. The minimum absolute atomic E-state index is 0.787. The molecule has 2 heteroatoms. The Hall–Kier alpha value is -1.02. The van der Waals surface area contributed by atoms with Crippen molar-refractivity contribution in [3.05, 3.63) is 29.8 Å². The number of unbranched alkanes of at least 4 members (excludes halogenated alkanes) is 1. The Morgan fingerprint density at radius 2 is 1.81 bits per heavy atom. The van der Waals surface area contributed by atoms with Crippen LogP contribution in [0.4, 0.5) is 5.69 Å². The molecule has 0 saturated heterocycles. The first-order chi connectivity index (χ1) is 7.86. The van der Waals surface area contributed by atoms with Gasteiger partial charge in [0.1, 0.15) is 0 Å². The van der Waals surface area contributed by atoms with Crippen molar-refractivity contribution in [2.24, 2.45) is 0 Å². The molecule has 0 spiro atoms. The van der Waals surface area contributed by atoms with Gasteiger partial charge in [0.25, 0.3) is 0 Å². The first-order valence-corrected chi connectivity index (χ1v) is 6.27. The summed E-state index contributed by atoms with van der Waals surface area (Å²) in [5.74, 6) is 0. The van der Waals surface area contributed by atoms with Gasteiger partial charge in [0.05, 0.1) is 6.61 Å². The van der Waals surface area contributed by atoms with E-state index in [1.807, 2.05) is 0 Å². The smallest absolute Gasteiger partial charge is 0.0639 e. The molecule has 0 amide bonds. The molecule has 0 radical (unpaired) electrons. The number of hydrogen-bond acceptors (Lipinski definition) is 2. The number of rotatable bonds is 8. The highest BCUT2D eigenvalue weighted by Gasteiger charge is 1.92. The van der Waals surface area contributed by atoms with Crippen molar-refractivity contribution >= 4 is 5.69 Å². The van der Waals surface area contributed by atoms with Gasteiger partial charge in [0, 0.05) is 18.8 Å². The second kappa shape index (κ2) is 8.17. The molecule has 0 heterocycles. The van der Waals surface area contributed by atoms with E-state index < -0.39 is 0 Å². The summed E-state index contributed by atoms with van der Waals surface area (Å²) in [4.78, 5) is 0. The van der Waals surface area contributed by atoms with Crippen LogP contribution in [0, 0.1) is 0 Å². The Kier molecular flexibility index (Phi) is 6.66. The highest BCUT2D eigenvalue weighted by Crippen LogP contribution is 2.09. The van der Waals surface area contributed by atoms with E-state index in [0.29, 0.717) is 0 Å². The van der Waals surface area contributed by atoms with E-state index in [-0.39, 0.29) is 0 Å². The SMILES string of the molecule is CCCCOCCNc1ccc(CC)cc1. The van der Waals surface area contributed by atoms with Crippen LogP contribution in [0.2, 0.25) is 0 Å². The van der Waals surface area contributed by atoms with Gasteiger partial charge in [0.2, 0.25) is 0 Å². The van der Waals surface area contributed by atoms with E-state index >= 15 is 0 Å². The monoisotopic (exact) mass is 221 g/mol. The fourth-order valence-corrected chi connectivity index (χ4v) is 1.47. The summed E-state index contributed by atoms with van der Waals surface area (Å²) in [6.45, 7) is 6.90. The zero-order chi connectivity index (χ0) is 11.6. The number of benzene rings is 1. The van der Waals surface area contributed by atoms with Gasteiger partial charge in [-0.05, 0) is 30.5 Å². The van der Waals surface area contributed by atoms with Crippen molar-refractivity contribution in [2.75, 3.05) is 25.1 Å². The van der Waals surface area contributed by atoms with Crippen LogP contribution in [0.1, 0.15) is 32.3 Å². The van der Waals surface area contributed by atoms with Gasteiger partial charge in [-0.3, -0.25) is 0 Å². The molecule has 16 heavy (non-hydrogen) atoms. The molecule has 1 N–H and O–H groups in total. The highest BCUT2D eigenvalue weighted by atomic mass is 16.5. The lowest BCUT2D eigenvalue weighted by atomic mass is 10.1. The first kappa shape index (κ1) is 13.0. The van der Waals surface area contributed by atoms with Gasteiger partial charge in [0.15, 0.2) is 0 Å². The molecule has 0 aliphatic carbocycles. The predicted molar refractivity (Wildman–Crippen MR) is 70.0 cm³/mol. The van der Waals surface area contributed by atoms with Crippen LogP contribution in [-0.2, 0) is 11.2 Å². The minimum atomic E-state index is 0.787. The highest BCUT2D eigenvalue weighted by molar-refractivity contribution is 5.44. The Balaban J connectivity index is 2.12. The fourth-order valence-electron chi connectivity index (χ4n) is 1.47. The topological polar surface area (TPSA) is 21.3 Å². The molecule has 2 nitrogen and oxygen atoms in total. The number of ether oxygens (including phenoxy) is 1. The van der Waals surface area contributed by atoms with Crippen LogP contribution in [0.5, 0.6) is 0 Å². The quantitative estimate of drug-likeness (QED) is 0.679. The van der Waals surface area contributed by atoms with Crippen molar-refractivity contribution < 1.29 is 4.74 Å². The molecular weight excluding hydrogens is 198 g/mol. The molecule has 0 bridgehead atoms. The van der Waals surface area contributed by atoms with E-state index in [0.717, 1.165) is 32.6 Å². The van der Waals surface area contributed by atoms with E-state index in [1.165, 1.54) is 17.7 Å². The third kappa shape index (κ3) is 5.17. The maximum atomic E-state index is 5.48. The Bertz CT molecular complexity index is 269. The number of anilines is 1. The zero-order valence-electron chi connectivity index (χ0n) is 10.5. The second-order valence-electron chi connectivity index (χ2n) is 3.94. The standard InChI is InChI=1S/C14H23NO/c1-3-5-11-16-12-10-15-14-8-6-13(4-2)7-9-14/h6-9,15H,3-5,10-12H2,1-2H3. The minimum Gasteiger partial charge on any atom is -0.383 e. The molecule has 0 aliphatic rings. The zero-order valence-corrected chi connectivity index (χ0v) is 10.5. The average molecular weight is 221 g/mol. The molecule has 1 aromatic carbocycles. The van der Waals surface area contributed by atoms with Crippen LogP contribution in [-0.4, -0.2) is 19.8 Å². The van der Waals surface area contributed by atoms with Crippen LogP contribution in [0.25, 0.3) is 0 Å². The maximum absolute atomic E-state index is 5.48. The average Bonchev–Trinajstić information content (AvgIpc) is 2.34.